The zero-order valence-electron chi connectivity index (χ0n) is 31.4. The summed E-state index contributed by atoms with van der Waals surface area (Å²) in [6.07, 6.45) is 15.1. The number of methoxy groups -OCH3 is 2. The van der Waals surface area contributed by atoms with E-state index in [0.29, 0.717) is 13.4 Å². The van der Waals surface area contributed by atoms with Gasteiger partial charge >= 0.3 is 0 Å². The van der Waals surface area contributed by atoms with Gasteiger partial charge in [-0.05, 0) is 47.5 Å². The van der Waals surface area contributed by atoms with E-state index in [1.807, 2.05) is 0 Å². The second-order valence-corrected chi connectivity index (χ2v) is 19.3. The molecule has 0 aromatic heterocycles. The monoisotopic (exact) mass is 698 g/mol. The van der Waals surface area contributed by atoms with Crippen LogP contribution in [-0.4, -0.2) is 79.4 Å². The van der Waals surface area contributed by atoms with Crippen molar-refractivity contribution in [3.63, 3.8) is 0 Å². The molecule has 2 aliphatic rings. The van der Waals surface area contributed by atoms with Gasteiger partial charge in [0.05, 0.1) is 37.1 Å². The number of rotatable bonds is 23. The lowest BCUT2D eigenvalue weighted by molar-refractivity contribution is -0.161. The van der Waals surface area contributed by atoms with Crippen LogP contribution in [0.4, 0.5) is 0 Å². The van der Waals surface area contributed by atoms with E-state index in [4.69, 9.17) is 32.8 Å². The van der Waals surface area contributed by atoms with Crippen molar-refractivity contribution in [1.29, 1.82) is 0 Å². The van der Waals surface area contributed by atoms with E-state index in [0.717, 1.165) is 32.1 Å². The predicted molar refractivity (Wildman–Crippen MR) is 200 cm³/mol. The molecule has 0 aliphatic carbocycles. The molecule has 2 saturated heterocycles. The number of unbranched alkanes of at least 4 members (excludes halogenated alkanes) is 7. The van der Waals surface area contributed by atoms with E-state index in [1.165, 1.54) is 61.7 Å². The first-order chi connectivity index (χ1) is 23.8. The highest BCUT2D eigenvalue weighted by molar-refractivity contribution is 6.99. The molecule has 0 amide bonds. The zero-order valence-corrected chi connectivity index (χ0v) is 32.4. The van der Waals surface area contributed by atoms with Crippen LogP contribution < -0.4 is 10.4 Å². The zero-order chi connectivity index (χ0) is 35.0. The van der Waals surface area contributed by atoms with Crippen molar-refractivity contribution in [2.24, 2.45) is 0 Å². The molecule has 2 aromatic carbocycles. The van der Waals surface area contributed by atoms with Gasteiger partial charge in [0.15, 0.2) is 0 Å². The molecule has 276 valence electrons. The Morgan fingerprint density at radius 1 is 0.653 bits per heavy atom. The first-order valence-corrected chi connectivity index (χ1v) is 21.0. The van der Waals surface area contributed by atoms with Crippen molar-refractivity contribution in [2.45, 2.75) is 153 Å². The second kappa shape index (κ2) is 21.0. The highest BCUT2D eigenvalue weighted by atomic mass is 28.4. The topological polar surface area (TPSA) is 64.6 Å². The van der Waals surface area contributed by atoms with Crippen molar-refractivity contribution < 1.29 is 32.8 Å². The van der Waals surface area contributed by atoms with Gasteiger partial charge < -0.3 is 32.8 Å². The summed E-state index contributed by atoms with van der Waals surface area (Å²) in [5.74, 6) is 0. The third-order valence-electron chi connectivity index (χ3n) is 10.4. The Morgan fingerprint density at radius 3 is 1.61 bits per heavy atom. The molecule has 4 rings (SSSR count). The SMILES string of the molecule is CCCCCCCCCC[C@@H](OCOC)[C@H]1CC[C@H]([C@H]2CC[C@H]([C@H](CO[Si](c3ccccc3)(c3ccccc3)C(C)(C)C)OCOC)O2)O1. The van der Waals surface area contributed by atoms with E-state index in [9.17, 15) is 0 Å². The molecule has 0 radical (unpaired) electrons. The van der Waals surface area contributed by atoms with Crippen molar-refractivity contribution in [2.75, 3.05) is 34.4 Å². The molecule has 0 spiro atoms. The fraction of sp³-hybridized carbons (Fsp3) is 0.707. The molecular weight excluding hydrogens is 633 g/mol. The van der Waals surface area contributed by atoms with Gasteiger partial charge in [-0.2, -0.15) is 0 Å². The minimum Gasteiger partial charge on any atom is -0.405 e. The Morgan fingerprint density at radius 2 is 1.12 bits per heavy atom. The third kappa shape index (κ3) is 11.4. The lowest BCUT2D eigenvalue weighted by atomic mass is 10.0. The summed E-state index contributed by atoms with van der Waals surface area (Å²) in [6, 6.07) is 21.5. The van der Waals surface area contributed by atoms with E-state index >= 15 is 0 Å². The maximum absolute atomic E-state index is 7.28. The molecule has 2 fully saturated rings. The van der Waals surface area contributed by atoms with E-state index < -0.39 is 8.32 Å². The van der Waals surface area contributed by atoms with Crippen LogP contribution in [0, 0.1) is 0 Å². The second-order valence-electron chi connectivity index (χ2n) is 15.0. The van der Waals surface area contributed by atoms with E-state index in [-0.39, 0.29) is 48.5 Å². The average Bonchev–Trinajstić information content (AvgIpc) is 3.80. The Hall–Kier alpha value is -1.62. The Bertz CT molecular complexity index is 1100. The van der Waals surface area contributed by atoms with Crippen molar-refractivity contribution in [3.8, 4) is 0 Å². The molecule has 7 nitrogen and oxygen atoms in total. The maximum Gasteiger partial charge on any atom is 0.261 e. The predicted octanol–water partition coefficient (Wildman–Crippen LogP) is 8.17. The molecule has 8 heteroatoms. The van der Waals surface area contributed by atoms with Crippen LogP contribution in [0.3, 0.4) is 0 Å². The maximum atomic E-state index is 7.28. The Labute approximate surface area is 298 Å². The van der Waals surface area contributed by atoms with Gasteiger partial charge in [-0.15, -0.1) is 0 Å². The standard InChI is InChI=1S/C41H66O7Si/c1-7-8-9-10-11-12-13-20-25-35(44-31-42-5)36-26-27-37(47-36)38-28-29-39(48-38)40(45-32-43-6)30-46-49(41(2,3)4,33-21-16-14-17-22-33)34-23-18-15-19-24-34/h14-19,21-24,35-40H,7-13,20,25-32H2,1-6H3/t35-,36-,37-,38-,39-,40+/m1/s1. The van der Waals surface area contributed by atoms with Crippen molar-refractivity contribution in [1.82, 2.24) is 0 Å². The molecule has 0 saturated carbocycles. The third-order valence-corrected chi connectivity index (χ3v) is 15.4. The Balaban J connectivity index is 1.38. The summed E-state index contributed by atoms with van der Waals surface area (Å²) >= 11 is 0. The lowest BCUT2D eigenvalue weighted by Crippen LogP contribution is -2.67. The Kier molecular flexibility index (Phi) is 17.2. The molecule has 0 N–H and O–H groups in total. The summed E-state index contributed by atoms with van der Waals surface area (Å²) in [6.45, 7) is 10.1. The van der Waals surface area contributed by atoms with Crippen LogP contribution in [-0.2, 0) is 32.8 Å². The lowest BCUT2D eigenvalue weighted by Gasteiger charge is -2.44. The van der Waals surface area contributed by atoms with Crippen LogP contribution in [0.1, 0.15) is 111 Å². The highest BCUT2D eigenvalue weighted by Crippen LogP contribution is 2.39. The smallest absolute Gasteiger partial charge is 0.261 e. The molecule has 2 heterocycles. The van der Waals surface area contributed by atoms with Gasteiger partial charge in [-0.1, -0.05) is 140 Å². The van der Waals surface area contributed by atoms with Gasteiger partial charge in [-0.25, -0.2) is 0 Å². The highest BCUT2D eigenvalue weighted by Gasteiger charge is 2.51. The van der Waals surface area contributed by atoms with Crippen LogP contribution in [0.15, 0.2) is 60.7 Å². The molecule has 6 atom stereocenters. The van der Waals surface area contributed by atoms with Gasteiger partial charge in [0, 0.05) is 14.2 Å². The van der Waals surface area contributed by atoms with Crippen molar-refractivity contribution in [3.05, 3.63) is 60.7 Å². The van der Waals surface area contributed by atoms with Crippen LogP contribution >= 0.6 is 0 Å². The largest absolute Gasteiger partial charge is 0.405 e. The fourth-order valence-corrected chi connectivity index (χ4v) is 12.4. The van der Waals surface area contributed by atoms with Gasteiger partial charge in [0.1, 0.15) is 19.7 Å². The van der Waals surface area contributed by atoms with Gasteiger partial charge in [0.25, 0.3) is 8.32 Å². The molecule has 0 unspecified atom stereocenters. The molecule has 0 bridgehead atoms. The first kappa shape index (κ1) is 40.2. The summed E-state index contributed by atoms with van der Waals surface area (Å²) in [4.78, 5) is 0. The number of ether oxygens (including phenoxy) is 6. The quantitative estimate of drug-likeness (QED) is 0.0659. The van der Waals surface area contributed by atoms with Crippen LogP contribution in [0.2, 0.25) is 5.04 Å². The minimum absolute atomic E-state index is 0.0303. The van der Waals surface area contributed by atoms with E-state index in [1.54, 1.807) is 14.2 Å². The molecule has 2 aromatic rings. The number of benzene rings is 2. The number of hydrogen-bond acceptors (Lipinski definition) is 7. The fourth-order valence-electron chi connectivity index (χ4n) is 7.87. The summed E-state index contributed by atoms with van der Waals surface area (Å²) in [5, 5.41) is 2.39. The summed E-state index contributed by atoms with van der Waals surface area (Å²) < 4.78 is 44.0. The van der Waals surface area contributed by atoms with Crippen LogP contribution in [0.25, 0.3) is 0 Å². The van der Waals surface area contributed by atoms with Gasteiger partial charge in [0.2, 0.25) is 0 Å². The minimum atomic E-state index is -2.73. The normalized spacial score (nSPS) is 22.8. The number of hydrogen-bond donors (Lipinski definition) is 0. The molecular formula is C41H66O7Si. The summed E-state index contributed by atoms with van der Waals surface area (Å²) in [7, 11) is 0.632. The molecule has 49 heavy (non-hydrogen) atoms. The average molecular weight is 699 g/mol. The van der Waals surface area contributed by atoms with Crippen molar-refractivity contribution >= 4 is 18.7 Å². The van der Waals surface area contributed by atoms with Crippen LogP contribution in [0.5, 0.6) is 0 Å². The molecule has 2 aliphatic heterocycles. The summed E-state index contributed by atoms with van der Waals surface area (Å²) in [5.41, 5.74) is 0. The first-order valence-electron chi connectivity index (χ1n) is 19.1. The van der Waals surface area contributed by atoms with Gasteiger partial charge in [-0.3, -0.25) is 0 Å². The van der Waals surface area contributed by atoms with E-state index in [2.05, 4.69) is 88.4 Å².